The first-order chi connectivity index (χ1) is 10.2. The average Bonchev–Trinajstić information content (AvgIpc) is 2.88. The van der Waals surface area contributed by atoms with Gasteiger partial charge in [-0.15, -0.1) is 0 Å². The number of hydrogen-bond donors (Lipinski definition) is 0. The van der Waals surface area contributed by atoms with Gasteiger partial charge < -0.3 is 4.74 Å². The molecule has 112 valence electrons. The molecule has 0 radical (unpaired) electrons. The summed E-state index contributed by atoms with van der Waals surface area (Å²) in [5.41, 5.74) is 0.0707. The van der Waals surface area contributed by atoms with Crippen molar-refractivity contribution in [3.05, 3.63) is 29.6 Å². The molecule has 4 heteroatoms. The summed E-state index contributed by atoms with van der Waals surface area (Å²) in [5, 5.41) is 0. The van der Waals surface area contributed by atoms with Gasteiger partial charge >= 0.3 is 0 Å². The number of benzene rings is 1. The van der Waals surface area contributed by atoms with Gasteiger partial charge in [-0.25, -0.2) is 9.18 Å². The molecule has 1 aromatic carbocycles. The normalized spacial score (nSPS) is 20.6. The molecule has 2 saturated carbocycles. The topological polar surface area (TPSA) is 38.7 Å². The van der Waals surface area contributed by atoms with Gasteiger partial charge in [0.2, 0.25) is 6.08 Å². The molecule has 3 nitrogen and oxygen atoms in total. The van der Waals surface area contributed by atoms with Crippen molar-refractivity contribution in [3.8, 4) is 5.75 Å². The van der Waals surface area contributed by atoms with Gasteiger partial charge in [-0.05, 0) is 49.8 Å². The van der Waals surface area contributed by atoms with E-state index in [9.17, 15) is 9.18 Å². The maximum absolute atomic E-state index is 13.7. The van der Waals surface area contributed by atoms with Crippen LogP contribution in [0, 0.1) is 11.7 Å². The smallest absolute Gasteiger partial charge is 0.235 e. The Morgan fingerprint density at radius 2 is 2.05 bits per heavy atom. The van der Waals surface area contributed by atoms with E-state index < -0.39 is 5.54 Å². The Balaban J connectivity index is 1.90. The van der Waals surface area contributed by atoms with E-state index in [1.54, 1.807) is 12.1 Å². The van der Waals surface area contributed by atoms with Crippen LogP contribution in [0.2, 0.25) is 0 Å². The minimum atomic E-state index is -0.640. The molecule has 0 heterocycles. The van der Waals surface area contributed by atoms with Gasteiger partial charge in [-0.1, -0.05) is 19.3 Å². The molecular weight excluding hydrogens is 269 g/mol. The highest BCUT2D eigenvalue weighted by Gasteiger charge is 2.38. The second-order valence-corrected chi connectivity index (χ2v) is 6.19. The first kappa shape index (κ1) is 14.3. The van der Waals surface area contributed by atoms with Crippen LogP contribution in [0.1, 0.15) is 50.5 Å². The lowest BCUT2D eigenvalue weighted by Gasteiger charge is -2.29. The third kappa shape index (κ3) is 2.86. The fourth-order valence-electron chi connectivity index (χ4n) is 3.35. The zero-order valence-electron chi connectivity index (χ0n) is 12.1. The van der Waals surface area contributed by atoms with Gasteiger partial charge in [-0.3, -0.25) is 0 Å². The molecule has 2 fully saturated rings. The molecule has 3 rings (SSSR count). The van der Waals surface area contributed by atoms with Crippen LogP contribution in [0.4, 0.5) is 4.39 Å². The standard InChI is InChI=1S/C17H20FNO2/c18-14-6-7-16(21-11-13-4-3-5-13)15(10-14)17(19-12-20)8-1-2-9-17/h6-7,10,13H,1-5,8-9,11H2. The molecule has 0 amide bonds. The third-order valence-corrected chi connectivity index (χ3v) is 4.83. The summed E-state index contributed by atoms with van der Waals surface area (Å²) < 4.78 is 19.6. The number of halogens is 1. The van der Waals surface area contributed by atoms with E-state index >= 15 is 0 Å². The van der Waals surface area contributed by atoms with Crippen molar-refractivity contribution in [2.75, 3.05) is 6.61 Å². The van der Waals surface area contributed by atoms with Gasteiger partial charge in [0, 0.05) is 5.56 Å². The van der Waals surface area contributed by atoms with Crippen molar-refractivity contribution in [1.29, 1.82) is 0 Å². The van der Waals surface area contributed by atoms with Gasteiger partial charge in [0.25, 0.3) is 0 Å². The quantitative estimate of drug-likeness (QED) is 0.604. The fraction of sp³-hybridized carbons (Fsp3) is 0.588. The van der Waals surface area contributed by atoms with E-state index in [4.69, 9.17) is 4.74 Å². The number of rotatable bonds is 5. The number of nitrogens with zero attached hydrogens (tertiary/aromatic N) is 1. The molecule has 0 bridgehead atoms. The number of hydrogen-bond acceptors (Lipinski definition) is 3. The van der Waals surface area contributed by atoms with Crippen molar-refractivity contribution in [3.63, 3.8) is 0 Å². The van der Waals surface area contributed by atoms with E-state index in [1.807, 2.05) is 0 Å². The van der Waals surface area contributed by atoms with Crippen LogP contribution in [-0.4, -0.2) is 12.7 Å². The van der Waals surface area contributed by atoms with Crippen molar-refractivity contribution in [2.45, 2.75) is 50.5 Å². The molecule has 0 spiro atoms. The average molecular weight is 289 g/mol. The van der Waals surface area contributed by atoms with E-state index in [-0.39, 0.29) is 5.82 Å². The van der Waals surface area contributed by atoms with Crippen molar-refractivity contribution in [2.24, 2.45) is 10.9 Å². The summed E-state index contributed by atoms with van der Waals surface area (Å²) in [4.78, 5) is 14.9. The lowest BCUT2D eigenvalue weighted by atomic mass is 9.86. The van der Waals surface area contributed by atoms with Gasteiger partial charge in [0.05, 0.1) is 6.61 Å². The Bertz CT molecular complexity index is 556. The molecule has 2 aliphatic carbocycles. The predicted molar refractivity (Wildman–Crippen MR) is 77.5 cm³/mol. The summed E-state index contributed by atoms with van der Waals surface area (Å²) in [7, 11) is 0. The molecule has 1 aromatic rings. The highest BCUT2D eigenvalue weighted by Crippen LogP contribution is 2.46. The first-order valence-corrected chi connectivity index (χ1v) is 7.75. The molecule has 2 aliphatic rings. The van der Waals surface area contributed by atoms with Crippen molar-refractivity contribution >= 4 is 6.08 Å². The minimum absolute atomic E-state index is 0.312. The summed E-state index contributed by atoms with van der Waals surface area (Å²) in [5.74, 6) is 0.967. The summed E-state index contributed by atoms with van der Waals surface area (Å²) >= 11 is 0. The summed E-state index contributed by atoms with van der Waals surface area (Å²) in [6, 6.07) is 4.55. The largest absolute Gasteiger partial charge is 0.493 e. The number of aliphatic imine (C=N–C) groups is 1. The minimum Gasteiger partial charge on any atom is -0.493 e. The van der Waals surface area contributed by atoms with Crippen LogP contribution in [0.25, 0.3) is 0 Å². The Labute approximate surface area is 124 Å². The van der Waals surface area contributed by atoms with Crippen LogP contribution in [0.5, 0.6) is 5.75 Å². The SMILES string of the molecule is O=C=NC1(c2cc(F)ccc2OCC2CCC2)CCCC1. The fourth-order valence-corrected chi connectivity index (χ4v) is 3.35. The number of ether oxygens (including phenoxy) is 1. The molecule has 0 atom stereocenters. The molecule has 0 saturated heterocycles. The molecule has 21 heavy (non-hydrogen) atoms. The van der Waals surface area contributed by atoms with Crippen LogP contribution in [0.3, 0.4) is 0 Å². The monoisotopic (exact) mass is 289 g/mol. The van der Waals surface area contributed by atoms with Gasteiger partial charge in [0.15, 0.2) is 0 Å². The molecule has 0 unspecified atom stereocenters. The molecule has 0 aromatic heterocycles. The Kier molecular flexibility index (Phi) is 4.07. The number of carbonyl (C=O) groups excluding carboxylic acids is 1. The van der Waals surface area contributed by atoms with E-state index in [0.29, 0.717) is 23.8 Å². The summed E-state index contributed by atoms with van der Waals surface area (Å²) in [6.07, 6.45) is 8.84. The molecule has 0 aliphatic heterocycles. The predicted octanol–water partition coefficient (Wildman–Crippen LogP) is 4.11. The lowest BCUT2D eigenvalue weighted by molar-refractivity contribution is 0.177. The summed E-state index contributed by atoms with van der Waals surface area (Å²) in [6.45, 7) is 0.666. The van der Waals surface area contributed by atoms with Crippen LogP contribution in [0.15, 0.2) is 23.2 Å². The van der Waals surface area contributed by atoms with E-state index in [2.05, 4.69) is 4.99 Å². The Morgan fingerprint density at radius 3 is 2.67 bits per heavy atom. The zero-order chi connectivity index (χ0) is 14.7. The van der Waals surface area contributed by atoms with Crippen molar-refractivity contribution in [1.82, 2.24) is 0 Å². The Hall–Kier alpha value is -1.67. The highest BCUT2D eigenvalue weighted by atomic mass is 19.1. The van der Waals surface area contributed by atoms with Gasteiger partial charge in [-0.2, -0.15) is 4.99 Å². The van der Waals surface area contributed by atoms with Crippen LogP contribution < -0.4 is 4.74 Å². The third-order valence-electron chi connectivity index (χ3n) is 4.83. The van der Waals surface area contributed by atoms with E-state index in [0.717, 1.165) is 25.7 Å². The second-order valence-electron chi connectivity index (χ2n) is 6.19. The van der Waals surface area contributed by atoms with Crippen LogP contribution in [-0.2, 0) is 10.3 Å². The number of isocyanates is 1. The lowest BCUT2D eigenvalue weighted by Crippen LogP contribution is -2.23. The first-order valence-electron chi connectivity index (χ1n) is 7.75. The highest BCUT2D eigenvalue weighted by molar-refractivity contribution is 5.45. The van der Waals surface area contributed by atoms with Crippen molar-refractivity contribution < 1.29 is 13.9 Å². The molecular formula is C17H20FNO2. The maximum atomic E-state index is 13.7. The Morgan fingerprint density at radius 1 is 1.29 bits per heavy atom. The zero-order valence-corrected chi connectivity index (χ0v) is 12.1. The maximum Gasteiger partial charge on any atom is 0.235 e. The van der Waals surface area contributed by atoms with Crippen LogP contribution >= 0.6 is 0 Å². The molecule has 0 N–H and O–H groups in total. The van der Waals surface area contributed by atoms with Gasteiger partial charge in [0.1, 0.15) is 17.1 Å². The van der Waals surface area contributed by atoms with E-state index in [1.165, 1.54) is 31.4 Å². The second kappa shape index (κ2) is 5.98.